The largest absolute Gasteiger partial charge is 0.366 e. The number of carbonyl (C=O) groups is 1. The number of aromatic nitrogens is 2. The summed E-state index contributed by atoms with van der Waals surface area (Å²) in [6.45, 7) is 0.708. The Hall–Kier alpha value is -3.60. The van der Waals surface area contributed by atoms with E-state index in [0.717, 1.165) is 22.3 Å². The molecule has 4 aromatic rings. The Kier molecular flexibility index (Phi) is 4.83. The number of pyridine rings is 1. The number of nitrogens with one attached hydrogen (secondary N) is 3. The minimum absolute atomic E-state index is 0.0634. The number of rotatable bonds is 6. The number of para-hydroxylation sites is 1. The number of amides is 1. The van der Waals surface area contributed by atoms with E-state index in [2.05, 4.69) is 32.7 Å². The number of carbonyl (C=O) groups excluding carboxylic acids is 1. The number of benzene rings is 2. The van der Waals surface area contributed by atoms with Gasteiger partial charge in [0.05, 0.1) is 18.3 Å². The zero-order valence-corrected chi connectivity index (χ0v) is 14.8. The molecule has 2 heterocycles. The maximum atomic E-state index is 12.4. The average molecular weight is 356 g/mol. The standard InChI is InChI=1S/C22H20N4O/c27-22(12-17-14-23-20-9-5-4-8-19(17)20)26-18-10-11-21(25-15-18)24-13-16-6-2-1-3-7-16/h1-11,14-15,23H,12-13H2,(H,24,25)(H,26,27). The second kappa shape index (κ2) is 7.74. The predicted octanol–water partition coefficient (Wildman–Crippen LogP) is 4.36. The molecule has 0 saturated carbocycles. The summed E-state index contributed by atoms with van der Waals surface area (Å²) in [7, 11) is 0. The van der Waals surface area contributed by atoms with E-state index in [-0.39, 0.29) is 5.91 Å². The van der Waals surface area contributed by atoms with Crippen LogP contribution in [0.25, 0.3) is 10.9 Å². The first-order chi connectivity index (χ1) is 13.3. The fourth-order valence-corrected chi connectivity index (χ4v) is 3.02. The Balaban J connectivity index is 1.34. The van der Waals surface area contributed by atoms with Gasteiger partial charge in [-0.2, -0.15) is 0 Å². The molecule has 0 aliphatic carbocycles. The molecule has 0 atom stereocenters. The van der Waals surface area contributed by atoms with E-state index in [1.165, 1.54) is 5.56 Å². The Labute approximate surface area is 157 Å². The maximum Gasteiger partial charge on any atom is 0.228 e. The van der Waals surface area contributed by atoms with Crippen LogP contribution in [0.3, 0.4) is 0 Å². The highest BCUT2D eigenvalue weighted by Gasteiger charge is 2.09. The minimum atomic E-state index is -0.0634. The van der Waals surface area contributed by atoms with Crippen molar-refractivity contribution >= 4 is 28.3 Å². The number of H-pyrrole nitrogens is 1. The SMILES string of the molecule is O=C(Cc1c[nH]c2ccccc12)Nc1ccc(NCc2ccccc2)nc1. The molecule has 5 nitrogen and oxygen atoms in total. The number of hydrogen-bond donors (Lipinski definition) is 3. The maximum absolute atomic E-state index is 12.4. The second-order valence-corrected chi connectivity index (χ2v) is 6.36. The first kappa shape index (κ1) is 16.8. The van der Waals surface area contributed by atoms with E-state index < -0.39 is 0 Å². The van der Waals surface area contributed by atoms with Gasteiger partial charge in [0, 0.05) is 23.6 Å². The van der Waals surface area contributed by atoms with Crippen LogP contribution in [0.4, 0.5) is 11.5 Å². The van der Waals surface area contributed by atoms with E-state index in [1.807, 2.05) is 60.8 Å². The smallest absolute Gasteiger partial charge is 0.228 e. The monoisotopic (exact) mass is 356 g/mol. The third-order valence-corrected chi connectivity index (χ3v) is 4.39. The van der Waals surface area contributed by atoms with Crippen molar-refractivity contribution in [2.75, 3.05) is 10.6 Å². The molecule has 0 aliphatic rings. The van der Waals surface area contributed by atoms with Crippen molar-refractivity contribution in [3.63, 3.8) is 0 Å². The normalized spacial score (nSPS) is 10.7. The molecule has 134 valence electrons. The van der Waals surface area contributed by atoms with Crippen molar-refractivity contribution in [3.05, 3.63) is 90.3 Å². The van der Waals surface area contributed by atoms with Gasteiger partial charge in [0.2, 0.25) is 5.91 Å². The molecule has 0 unspecified atom stereocenters. The topological polar surface area (TPSA) is 69.8 Å². The summed E-state index contributed by atoms with van der Waals surface area (Å²) in [5.74, 6) is 0.708. The number of hydrogen-bond acceptors (Lipinski definition) is 3. The second-order valence-electron chi connectivity index (χ2n) is 6.36. The third-order valence-electron chi connectivity index (χ3n) is 4.39. The van der Waals surface area contributed by atoms with Gasteiger partial charge < -0.3 is 15.6 Å². The van der Waals surface area contributed by atoms with Crippen molar-refractivity contribution in [1.29, 1.82) is 0 Å². The van der Waals surface area contributed by atoms with Crippen LogP contribution in [-0.4, -0.2) is 15.9 Å². The average Bonchev–Trinajstić information content (AvgIpc) is 3.11. The Morgan fingerprint density at radius 2 is 1.78 bits per heavy atom. The van der Waals surface area contributed by atoms with Gasteiger partial charge in [-0.15, -0.1) is 0 Å². The van der Waals surface area contributed by atoms with Crippen LogP contribution in [0.5, 0.6) is 0 Å². The molecule has 0 bridgehead atoms. The molecular weight excluding hydrogens is 336 g/mol. The number of anilines is 2. The van der Waals surface area contributed by atoms with Gasteiger partial charge in [0.15, 0.2) is 0 Å². The van der Waals surface area contributed by atoms with Crippen molar-refractivity contribution < 1.29 is 4.79 Å². The van der Waals surface area contributed by atoms with Crippen molar-refractivity contribution in [3.8, 4) is 0 Å². The quantitative estimate of drug-likeness (QED) is 0.481. The molecule has 0 radical (unpaired) electrons. The molecule has 0 fully saturated rings. The lowest BCUT2D eigenvalue weighted by Gasteiger charge is -2.08. The van der Waals surface area contributed by atoms with Crippen molar-refractivity contribution in [1.82, 2.24) is 9.97 Å². The first-order valence-electron chi connectivity index (χ1n) is 8.86. The highest BCUT2D eigenvalue weighted by Crippen LogP contribution is 2.19. The number of aromatic amines is 1. The Bertz CT molecular complexity index is 1040. The van der Waals surface area contributed by atoms with Crippen LogP contribution in [0.2, 0.25) is 0 Å². The molecule has 3 N–H and O–H groups in total. The number of nitrogens with zero attached hydrogens (tertiary/aromatic N) is 1. The molecule has 2 aromatic carbocycles. The van der Waals surface area contributed by atoms with Crippen LogP contribution in [0.15, 0.2) is 79.1 Å². The Morgan fingerprint density at radius 1 is 0.963 bits per heavy atom. The molecule has 1 amide bonds. The van der Waals surface area contributed by atoms with Crippen LogP contribution in [0, 0.1) is 0 Å². The van der Waals surface area contributed by atoms with Gasteiger partial charge in [-0.05, 0) is 29.3 Å². The fourth-order valence-electron chi connectivity index (χ4n) is 3.02. The highest BCUT2D eigenvalue weighted by molar-refractivity contribution is 5.95. The van der Waals surface area contributed by atoms with Gasteiger partial charge in [0.1, 0.15) is 5.82 Å². The van der Waals surface area contributed by atoms with E-state index in [4.69, 9.17) is 0 Å². The summed E-state index contributed by atoms with van der Waals surface area (Å²) >= 11 is 0. The van der Waals surface area contributed by atoms with E-state index in [0.29, 0.717) is 18.7 Å². The zero-order valence-electron chi connectivity index (χ0n) is 14.8. The van der Waals surface area contributed by atoms with Crippen molar-refractivity contribution in [2.24, 2.45) is 0 Å². The summed E-state index contributed by atoms with van der Waals surface area (Å²) < 4.78 is 0. The molecule has 0 aliphatic heterocycles. The van der Waals surface area contributed by atoms with E-state index in [9.17, 15) is 4.79 Å². The van der Waals surface area contributed by atoms with E-state index in [1.54, 1.807) is 6.20 Å². The lowest BCUT2D eigenvalue weighted by molar-refractivity contribution is -0.115. The van der Waals surface area contributed by atoms with Crippen molar-refractivity contribution in [2.45, 2.75) is 13.0 Å². The summed E-state index contributed by atoms with van der Waals surface area (Å²) in [5, 5.41) is 7.25. The molecule has 2 aromatic heterocycles. The van der Waals surface area contributed by atoms with Crippen LogP contribution < -0.4 is 10.6 Å². The van der Waals surface area contributed by atoms with Gasteiger partial charge in [0.25, 0.3) is 0 Å². The first-order valence-corrected chi connectivity index (χ1v) is 8.86. The molecule has 0 saturated heterocycles. The van der Waals surface area contributed by atoms with Crippen LogP contribution in [-0.2, 0) is 17.8 Å². The third kappa shape index (κ3) is 4.15. The lowest BCUT2D eigenvalue weighted by atomic mass is 10.1. The lowest BCUT2D eigenvalue weighted by Crippen LogP contribution is -2.14. The van der Waals surface area contributed by atoms with Gasteiger partial charge in [-0.1, -0.05) is 48.5 Å². The van der Waals surface area contributed by atoms with E-state index >= 15 is 0 Å². The molecule has 27 heavy (non-hydrogen) atoms. The van der Waals surface area contributed by atoms with Crippen LogP contribution in [0.1, 0.15) is 11.1 Å². The number of fused-ring (bicyclic) bond motifs is 1. The van der Waals surface area contributed by atoms with Gasteiger partial charge in [-0.3, -0.25) is 4.79 Å². The highest BCUT2D eigenvalue weighted by atomic mass is 16.1. The minimum Gasteiger partial charge on any atom is -0.366 e. The summed E-state index contributed by atoms with van der Waals surface area (Å²) in [5.41, 5.74) is 3.90. The zero-order chi connectivity index (χ0) is 18.5. The summed E-state index contributed by atoms with van der Waals surface area (Å²) in [6, 6.07) is 21.8. The van der Waals surface area contributed by atoms with Crippen LogP contribution >= 0.6 is 0 Å². The summed E-state index contributed by atoms with van der Waals surface area (Å²) in [4.78, 5) is 19.9. The Morgan fingerprint density at radius 3 is 2.59 bits per heavy atom. The summed E-state index contributed by atoms with van der Waals surface area (Å²) in [6.07, 6.45) is 3.87. The molecule has 4 rings (SSSR count). The van der Waals surface area contributed by atoms with Gasteiger partial charge >= 0.3 is 0 Å². The fraction of sp³-hybridized carbons (Fsp3) is 0.0909. The van der Waals surface area contributed by atoms with Gasteiger partial charge in [-0.25, -0.2) is 4.98 Å². The molecule has 0 spiro atoms. The predicted molar refractivity (Wildman–Crippen MR) is 109 cm³/mol. The molecule has 5 heteroatoms. The molecular formula is C22H20N4O.